The maximum absolute atomic E-state index is 4.17. The second-order valence-electron chi connectivity index (χ2n) is 1.68. The third-order valence-corrected chi connectivity index (χ3v) is 4.48. The summed E-state index contributed by atoms with van der Waals surface area (Å²) in [6.07, 6.45) is 1.28. The molecule has 0 saturated carbocycles. The molecule has 8 heavy (non-hydrogen) atoms. The molecule has 0 aliphatic carbocycles. The van der Waals surface area contributed by atoms with Crippen molar-refractivity contribution in [2.45, 2.75) is 11.0 Å². The highest BCUT2D eigenvalue weighted by Gasteiger charge is 2.13. The molecular weight excluding hydrogens is 156 g/mol. The van der Waals surface area contributed by atoms with Crippen molar-refractivity contribution in [1.29, 1.82) is 0 Å². The third kappa shape index (κ3) is 2.11. The minimum absolute atomic E-state index is 0.868. The van der Waals surface area contributed by atoms with Crippen molar-refractivity contribution in [3.63, 3.8) is 0 Å². The first-order valence-electron chi connectivity index (χ1n) is 2.77. The van der Waals surface area contributed by atoms with Gasteiger partial charge in [-0.3, -0.25) is 0 Å². The first-order chi connectivity index (χ1) is 3.93. The quantitative estimate of drug-likeness (QED) is 0.624. The summed E-state index contributed by atoms with van der Waals surface area (Å²) in [7, 11) is 0. The summed E-state index contributed by atoms with van der Waals surface area (Å²) in [4.78, 5) is 0. The Labute approximate surface area is 64.6 Å². The minimum atomic E-state index is 0.868. The van der Waals surface area contributed by atoms with Gasteiger partial charge in [-0.25, -0.2) is 0 Å². The number of thioether (sulfide) groups is 2. The van der Waals surface area contributed by atoms with E-state index >= 15 is 0 Å². The normalized spacial score (nSPS) is 22.1. The van der Waals surface area contributed by atoms with Gasteiger partial charge in [0.25, 0.3) is 0 Å². The van der Waals surface area contributed by atoms with Crippen LogP contribution in [0.25, 0.3) is 0 Å². The van der Waals surface area contributed by atoms with Gasteiger partial charge >= 0.3 is 0 Å². The maximum Gasteiger partial charge on any atom is 0.0510 e. The number of hydrogen-bond donors (Lipinski definition) is 1. The Bertz CT molecular complexity index is 58.7. The van der Waals surface area contributed by atoms with Crippen LogP contribution in [-0.4, -0.2) is 21.8 Å². The highest BCUT2D eigenvalue weighted by Crippen LogP contribution is 2.34. The van der Waals surface area contributed by atoms with Crippen LogP contribution in [0.1, 0.15) is 6.42 Å². The molecule has 0 aromatic carbocycles. The molecule has 0 aromatic rings. The van der Waals surface area contributed by atoms with Gasteiger partial charge < -0.3 is 0 Å². The van der Waals surface area contributed by atoms with Crippen molar-refractivity contribution in [1.82, 2.24) is 0 Å². The van der Waals surface area contributed by atoms with Gasteiger partial charge in [0.2, 0.25) is 0 Å². The van der Waals surface area contributed by atoms with Gasteiger partial charge in [0.05, 0.1) is 4.58 Å². The van der Waals surface area contributed by atoms with Crippen molar-refractivity contribution in [2.75, 3.05) is 17.3 Å². The topological polar surface area (TPSA) is 0 Å². The molecule has 0 bridgehead atoms. The van der Waals surface area contributed by atoms with Crippen LogP contribution in [0.5, 0.6) is 0 Å². The maximum atomic E-state index is 4.17. The van der Waals surface area contributed by atoms with Crippen LogP contribution >= 0.6 is 36.2 Å². The predicted molar refractivity (Wildman–Crippen MR) is 47.2 cm³/mol. The van der Waals surface area contributed by atoms with Gasteiger partial charge in [-0.1, -0.05) is 0 Å². The zero-order valence-electron chi connectivity index (χ0n) is 4.67. The van der Waals surface area contributed by atoms with Crippen molar-refractivity contribution < 1.29 is 0 Å². The van der Waals surface area contributed by atoms with Crippen LogP contribution in [0.4, 0.5) is 0 Å². The van der Waals surface area contributed by atoms with E-state index in [1.807, 2.05) is 0 Å². The van der Waals surface area contributed by atoms with Crippen LogP contribution in [0, 0.1) is 0 Å². The smallest absolute Gasteiger partial charge is 0.0510 e. The van der Waals surface area contributed by atoms with Gasteiger partial charge in [0, 0.05) is 11.5 Å². The fourth-order valence-corrected chi connectivity index (χ4v) is 4.11. The van der Waals surface area contributed by atoms with E-state index in [1.54, 1.807) is 0 Å². The Balaban J connectivity index is 2.06. The fourth-order valence-electron chi connectivity index (χ4n) is 0.679. The lowest BCUT2D eigenvalue weighted by Gasteiger charge is -2.01. The Morgan fingerprint density at radius 1 is 1.38 bits per heavy atom. The zero-order chi connectivity index (χ0) is 5.82. The van der Waals surface area contributed by atoms with Crippen molar-refractivity contribution in [2.24, 2.45) is 0 Å². The van der Waals surface area contributed by atoms with Crippen LogP contribution in [0.3, 0.4) is 0 Å². The highest BCUT2D eigenvalue weighted by atomic mass is 32.2. The molecule has 0 spiro atoms. The highest BCUT2D eigenvalue weighted by molar-refractivity contribution is 8.20. The number of rotatable bonds is 2. The zero-order valence-corrected chi connectivity index (χ0v) is 7.20. The van der Waals surface area contributed by atoms with E-state index in [2.05, 4.69) is 36.2 Å². The van der Waals surface area contributed by atoms with E-state index in [1.165, 1.54) is 17.9 Å². The van der Waals surface area contributed by atoms with Gasteiger partial charge in [-0.15, -0.1) is 23.5 Å². The minimum Gasteiger partial charge on any atom is -0.179 e. The van der Waals surface area contributed by atoms with E-state index in [0.29, 0.717) is 0 Å². The second kappa shape index (κ2) is 3.96. The molecule has 0 aromatic heterocycles. The average Bonchev–Trinajstić information content (AvgIpc) is 2.19. The molecule has 1 aliphatic rings. The summed E-state index contributed by atoms with van der Waals surface area (Å²) in [5.41, 5.74) is 0. The first-order valence-corrected chi connectivity index (χ1v) is 5.50. The van der Waals surface area contributed by atoms with Crippen LogP contribution in [0.15, 0.2) is 0 Å². The summed E-state index contributed by atoms with van der Waals surface area (Å²) in [6.45, 7) is 0. The molecule has 1 heterocycles. The molecule has 0 amide bonds. The van der Waals surface area contributed by atoms with E-state index in [0.717, 1.165) is 10.3 Å². The van der Waals surface area contributed by atoms with Crippen molar-refractivity contribution in [3.05, 3.63) is 0 Å². The molecule has 3 heteroatoms. The van der Waals surface area contributed by atoms with Gasteiger partial charge in [-0.05, 0) is 12.2 Å². The van der Waals surface area contributed by atoms with E-state index < -0.39 is 0 Å². The average molecular weight is 166 g/mol. The molecule has 48 valence electrons. The molecule has 0 radical (unpaired) electrons. The van der Waals surface area contributed by atoms with E-state index in [-0.39, 0.29) is 0 Å². The van der Waals surface area contributed by atoms with Crippen molar-refractivity contribution in [3.8, 4) is 0 Å². The summed E-state index contributed by atoms with van der Waals surface area (Å²) in [5.74, 6) is 3.75. The Kier molecular flexibility index (Phi) is 3.55. The molecule has 0 N–H and O–H groups in total. The molecule has 1 aliphatic heterocycles. The lowest BCUT2D eigenvalue weighted by molar-refractivity contribution is 1.09. The predicted octanol–water partition coefficient (Wildman–Crippen LogP) is 2.11. The first kappa shape index (κ1) is 7.16. The molecule has 0 unspecified atom stereocenters. The molecule has 1 saturated heterocycles. The third-order valence-electron chi connectivity index (χ3n) is 1.06. The lowest BCUT2D eigenvalue weighted by atomic mass is 10.6. The van der Waals surface area contributed by atoms with Crippen molar-refractivity contribution >= 4 is 36.2 Å². The summed E-state index contributed by atoms with van der Waals surface area (Å²) in [6, 6.07) is 0. The SMILES string of the molecule is SCCC1SCCS1. The van der Waals surface area contributed by atoms with E-state index in [9.17, 15) is 0 Å². The number of hydrogen-bond acceptors (Lipinski definition) is 3. The summed E-state index contributed by atoms with van der Waals surface area (Å²) < 4.78 is 0.868. The Morgan fingerprint density at radius 2 is 2.00 bits per heavy atom. The van der Waals surface area contributed by atoms with Gasteiger partial charge in [-0.2, -0.15) is 12.6 Å². The number of thiol groups is 1. The second-order valence-corrected chi connectivity index (χ2v) is 5.05. The lowest BCUT2D eigenvalue weighted by Crippen LogP contribution is -1.90. The van der Waals surface area contributed by atoms with Gasteiger partial charge in [0.15, 0.2) is 0 Å². The van der Waals surface area contributed by atoms with E-state index in [4.69, 9.17) is 0 Å². The molecule has 1 rings (SSSR count). The van der Waals surface area contributed by atoms with Gasteiger partial charge in [0.1, 0.15) is 0 Å². The fraction of sp³-hybridized carbons (Fsp3) is 1.00. The largest absolute Gasteiger partial charge is 0.179 e. The molecule has 1 fully saturated rings. The molecule has 0 nitrogen and oxygen atoms in total. The molecule has 0 atom stereocenters. The summed E-state index contributed by atoms with van der Waals surface area (Å²) in [5, 5.41) is 0. The summed E-state index contributed by atoms with van der Waals surface area (Å²) >= 11 is 8.33. The Hall–Kier alpha value is 1.05. The van der Waals surface area contributed by atoms with Crippen LogP contribution in [0.2, 0.25) is 0 Å². The standard InChI is InChI=1S/C5H10S3/c6-2-1-5-7-3-4-8-5/h5-6H,1-4H2. The van der Waals surface area contributed by atoms with Crippen LogP contribution < -0.4 is 0 Å². The molecular formula is C5H10S3. The Morgan fingerprint density at radius 3 is 2.50 bits per heavy atom. The van der Waals surface area contributed by atoms with Crippen LogP contribution in [-0.2, 0) is 0 Å². The monoisotopic (exact) mass is 166 g/mol.